The summed E-state index contributed by atoms with van der Waals surface area (Å²) in [7, 11) is -3.72. The highest BCUT2D eigenvalue weighted by Crippen LogP contribution is 2.29. The van der Waals surface area contributed by atoms with Gasteiger partial charge < -0.3 is 0 Å². The summed E-state index contributed by atoms with van der Waals surface area (Å²) in [4.78, 5) is -0.111. The third kappa shape index (κ3) is 4.54. The van der Waals surface area contributed by atoms with Gasteiger partial charge in [0.15, 0.2) is 0 Å². The van der Waals surface area contributed by atoms with E-state index in [1.54, 1.807) is 6.92 Å². The largest absolute Gasteiger partial charge is 0.270 e. The molecular weight excluding hydrogens is 272 g/mol. The first-order chi connectivity index (χ1) is 8.66. The van der Waals surface area contributed by atoms with E-state index in [1.807, 2.05) is 6.92 Å². The summed E-state index contributed by atoms with van der Waals surface area (Å²) in [5.74, 6) is -3.06. The van der Waals surface area contributed by atoms with Crippen molar-refractivity contribution in [2.24, 2.45) is 0 Å². The SMILES string of the molecule is CCCCNS(=O)(=O)c1cc(C)cc(C(C)(F)F)c1. The smallest absolute Gasteiger partial charge is 0.211 e. The molecule has 1 aromatic carbocycles. The predicted molar refractivity (Wildman–Crippen MR) is 70.8 cm³/mol. The fraction of sp³-hybridized carbons (Fsp3) is 0.538. The number of sulfonamides is 1. The molecule has 0 bridgehead atoms. The van der Waals surface area contributed by atoms with E-state index in [0.29, 0.717) is 18.5 Å². The average molecular weight is 291 g/mol. The lowest BCUT2D eigenvalue weighted by Gasteiger charge is -2.14. The normalized spacial score (nSPS) is 12.7. The zero-order chi connectivity index (χ0) is 14.7. The van der Waals surface area contributed by atoms with Gasteiger partial charge in [-0.2, -0.15) is 0 Å². The molecular formula is C13H19F2NO2S. The molecule has 0 atom stereocenters. The molecule has 0 radical (unpaired) electrons. The van der Waals surface area contributed by atoms with Crippen molar-refractivity contribution in [3.63, 3.8) is 0 Å². The summed E-state index contributed by atoms with van der Waals surface area (Å²) >= 11 is 0. The van der Waals surface area contributed by atoms with Crippen molar-refractivity contribution in [3.05, 3.63) is 29.3 Å². The molecule has 6 heteroatoms. The van der Waals surface area contributed by atoms with E-state index < -0.39 is 15.9 Å². The number of alkyl halides is 2. The number of unbranched alkanes of at least 4 members (excludes halogenated alkanes) is 1. The molecule has 1 aromatic rings. The summed E-state index contributed by atoms with van der Waals surface area (Å²) in [6.07, 6.45) is 1.57. The zero-order valence-electron chi connectivity index (χ0n) is 11.3. The van der Waals surface area contributed by atoms with Crippen LogP contribution in [0.2, 0.25) is 0 Å². The minimum atomic E-state index is -3.72. The van der Waals surface area contributed by atoms with Crippen LogP contribution in [0.5, 0.6) is 0 Å². The zero-order valence-corrected chi connectivity index (χ0v) is 12.2. The number of aryl methyl sites for hydroxylation is 1. The Morgan fingerprint density at radius 2 is 1.89 bits per heavy atom. The Bertz CT molecular complexity index is 536. The predicted octanol–water partition coefficient (Wildman–Crippen LogP) is 3.19. The topological polar surface area (TPSA) is 46.2 Å². The maximum absolute atomic E-state index is 13.3. The van der Waals surface area contributed by atoms with Crippen LogP contribution in [0.1, 0.15) is 37.8 Å². The highest BCUT2D eigenvalue weighted by atomic mass is 32.2. The maximum atomic E-state index is 13.3. The van der Waals surface area contributed by atoms with E-state index in [2.05, 4.69) is 4.72 Å². The third-order valence-electron chi connectivity index (χ3n) is 2.69. The van der Waals surface area contributed by atoms with E-state index in [9.17, 15) is 17.2 Å². The van der Waals surface area contributed by atoms with Gasteiger partial charge in [-0.3, -0.25) is 0 Å². The standard InChI is InChI=1S/C13H19F2NO2S/c1-4-5-6-16-19(17,18)12-8-10(2)7-11(9-12)13(3,14)15/h7-9,16H,4-6H2,1-3H3. The van der Waals surface area contributed by atoms with Crippen LogP contribution < -0.4 is 4.72 Å². The summed E-state index contributed by atoms with van der Waals surface area (Å²) in [5, 5.41) is 0. The van der Waals surface area contributed by atoms with Crippen LogP contribution >= 0.6 is 0 Å². The van der Waals surface area contributed by atoms with Crippen molar-refractivity contribution >= 4 is 10.0 Å². The number of hydrogen-bond acceptors (Lipinski definition) is 2. The first kappa shape index (κ1) is 16.0. The number of rotatable bonds is 6. The van der Waals surface area contributed by atoms with Crippen LogP contribution in [-0.2, 0) is 15.9 Å². The van der Waals surface area contributed by atoms with Gasteiger partial charge >= 0.3 is 0 Å². The second-order valence-corrected chi connectivity index (χ2v) is 6.44. The maximum Gasteiger partial charge on any atom is 0.270 e. The van der Waals surface area contributed by atoms with Crippen LogP contribution in [0.25, 0.3) is 0 Å². The van der Waals surface area contributed by atoms with E-state index in [-0.39, 0.29) is 10.5 Å². The van der Waals surface area contributed by atoms with Gasteiger partial charge in [-0.05, 0) is 31.0 Å². The Hall–Kier alpha value is -1.01. The van der Waals surface area contributed by atoms with Gasteiger partial charge in [0, 0.05) is 19.0 Å². The monoisotopic (exact) mass is 291 g/mol. The number of halogens is 2. The van der Waals surface area contributed by atoms with Crippen molar-refractivity contribution < 1.29 is 17.2 Å². The Kier molecular flexibility index (Phi) is 5.04. The van der Waals surface area contributed by atoms with Gasteiger partial charge in [0.1, 0.15) is 0 Å². The number of hydrogen-bond donors (Lipinski definition) is 1. The first-order valence-electron chi connectivity index (χ1n) is 6.16. The van der Waals surface area contributed by atoms with Gasteiger partial charge in [-0.15, -0.1) is 0 Å². The van der Waals surface area contributed by atoms with Crippen molar-refractivity contribution in [1.29, 1.82) is 0 Å². The molecule has 0 fully saturated rings. The third-order valence-corrected chi connectivity index (χ3v) is 4.13. The minimum Gasteiger partial charge on any atom is -0.211 e. The Morgan fingerprint density at radius 1 is 1.26 bits per heavy atom. The quantitative estimate of drug-likeness (QED) is 0.818. The van der Waals surface area contributed by atoms with Gasteiger partial charge in [0.25, 0.3) is 5.92 Å². The van der Waals surface area contributed by atoms with Crippen molar-refractivity contribution in [2.45, 2.75) is 44.4 Å². The molecule has 19 heavy (non-hydrogen) atoms. The Labute approximate surface area is 113 Å². The average Bonchev–Trinajstić information content (AvgIpc) is 2.27. The molecule has 0 spiro atoms. The molecule has 0 aliphatic heterocycles. The van der Waals surface area contributed by atoms with E-state index in [4.69, 9.17) is 0 Å². The van der Waals surface area contributed by atoms with Gasteiger partial charge in [-0.25, -0.2) is 21.9 Å². The number of benzene rings is 1. The van der Waals surface area contributed by atoms with E-state index >= 15 is 0 Å². The molecule has 1 N–H and O–H groups in total. The molecule has 0 amide bonds. The Morgan fingerprint density at radius 3 is 2.42 bits per heavy atom. The van der Waals surface area contributed by atoms with Crippen LogP contribution in [0.3, 0.4) is 0 Å². The summed E-state index contributed by atoms with van der Waals surface area (Å²) in [5.41, 5.74) is 0.207. The molecule has 0 saturated carbocycles. The van der Waals surface area contributed by atoms with E-state index in [1.165, 1.54) is 12.1 Å². The molecule has 1 rings (SSSR count). The molecule has 108 valence electrons. The second-order valence-electron chi connectivity index (χ2n) is 4.67. The molecule has 0 aliphatic carbocycles. The molecule has 0 aliphatic rings. The summed E-state index contributed by atoms with van der Waals surface area (Å²) in [6.45, 7) is 4.60. The fourth-order valence-electron chi connectivity index (χ4n) is 1.62. The highest BCUT2D eigenvalue weighted by molar-refractivity contribution is 7.89. The van der Waals surface area contributed by atoms with E-state index in [0.717, 1.165) is 19.4 Å². The molecule has 0 heterocycles. The van der Waals surface area contributed by atoms with Gasteiger partial charge in [0.2, 0.25) is 10.0 Å². The minimum absolute atomic E-state index is 0.111. The van der Waals surface area contributed by atoms with Crippen LogP contribution in [0.15, 0.2) is 23.1 Å². The Balaban J connectivity index is 3.10. The van der Waals surface area contributed by atoms with Crippen molar-refractivity contribution in [1.82, 2.24) is 4.72 Å². The fourth-order valence-corrected chi connectivity index (χ4v) is 2.83. The van der Waals surface area contributed by atoms with Crippen molar-refractivity contribution in [3.8, 4) is 0 Å². The van der Waals surface area contributed by atoms with Gasteiger partial charge in [-0.1, -0.05) is 19.4 Å². The van der Waals surface area contributed by atoms with Crippen LogP contribution in [0, 0.1) is 6.92 Å². The lowest BCUT2D eigenvalue weighted by atomic mass is 10.1. The number of nitrogens with one attached hydrogen (secondary N) is 1. The summed E-state index contributed by atoms with van der Waals surface area (Å²) < 4.78 is 53.0. The first-order valence-corrected chi connectivity index (χ1v) is 7.65. The van der Waals surface area contributed by atoms with Crippen LogP contribution in [0.4, 0.5) is 8.78 Å². The van der Waals surface area contributed by atoms with Gasteiger partial charge in [0.05, 0.1) is 4.90 Å². The molecule has 3 nitrogen and oxygen atoms in total. The lowest BCUT2D eigenvalue weighted by Crippen LogP contribution is -2.25. The molecule has 0 saturated heterocycles. The highest BCUT2D eigenvalue weighted by Gasteiger charge is 2.26. The van der Waals surface area contributed by atoms with Crippen molar-refractivity contribution in [2.75, 3.05) is 6.54 Å². The van der Waals surface area contributed by atoms with Crippen LogP contribution in [-0.4, -0.2) is 15.0 Å². The summed E-state index contributed by atoms with van der Waals surface area (Å²) in [6, 6.07) is 3.72. The second kappa shape index (κ2) is 5.96. The molecule has 0 unspecified atom stereocenters. The molecule has 0 aromatic heterocycles. The lowest BCUT2D eigenvalue weighted by molar-refractivity contribution is 0.0172.